The Hall–Kier alpha value is -0.130. The monoisotopic (exact) mass is 506 g/mol. The van der Waals surface area contributed by atoms with Gasteiger partial charge in [0.05, 0.1) is 12.2 Å². The van der Waals surface area contributed by atoms with Crippen molar-refractivity contribution in [2.45, 2.75) is 142 Å². The third-order valence-corrected chi connectivity index (χ3v) is 13.8. The molecular weight excluding hydrogens is 456 g/mol. The second-order valence-corrected chi connectivity index (χ2v) is 15.5. The highest BCUT2D eigenvalue weighted by molar-refractivity contribution is 7.81. The molecule has 6 fully saturated rings. The summed E-state index contributed by atoms with van der Waals surface area (Å²) < 4.78 is 37.7. The Labute approximate surface area is 215 Å². The molecule has 0 aliphatic heterocycles. The van der Waals surface area contributed by atoms with Crippen LogP contribution in [-0.2, 0) is 18.8 Å². The summed E-state index contributed by atoms with van der Waals surface area (Å²) in [6.07, 6.45) is 21.8. The summed E-state index contributed by atoms with van der Waals surface area (Å²) >= 11 is 0. The van der Waals surface area contributed by atoms with Gasteiger partial charge in [-0.05, 0) is 123 Å². The van der Waals surface area contributed by atoms with E-state index in [1.165, 1.54) is 77.0 Å². The summed E-state index contributed by atoms with van der Waals surface area (Å²) in [7, 11) is -3.94. The maximum Gasteiger partial charge on any atom is 0.400 e. The van der Waals surface area contributed by atoms with Crippen LogP contribution in [0.15, 0.2) is 0 Å². The Kier molecular flexibility index (Phi) is 6.87. The van der Waals surface area contributed by atoms with Gasteiger partial charge in [0.15, 0.2) is 0 Å². The molecule has 0 radical (unpaired) electrons. The van der Waals surface area contributed by atoms with Crippen LogP contribution in [0.5, 0.6) is 0 Å². The molecule has 35 heavy (non-hydrogen) atoms. The van der Waals surface area contributed by atoms with E-state index in [-0.39, 0.29) is 12.2 Å². The van der Waals surface area contributed by atoms with Gasteiger partial charge in [-0.25, -0.2) is 8.37 Å². The van der Waals surface area contributed by atoms with Gasteiger partial charge in [0, 0.05) is 0 Å². The Morgan fingerprint density at radius 3 is 1.46 bits per heavy atom. The van der Waals surface area contributed by atoms with Crippen molar-refractivity contribution in [1.29, 1.82) is 0 Å². The minimum Gasteiger partial charge on any atom is -0.245 e. The average molecular weight is 507 g/mol. The third kappa shape index (κ3) is 4.67. The summed E-state index contributed by atoms with van der Waals surface area (Å²) in [6, 6.07) is 0. The van der Waals surface area contributed by atoms with Crippen LogP contribution in [0, 0.1) is 46.3 Å². The van der Waals surface area contributed by atoms with Gasteiger partial charge in [0.25, 0.3) is 0 Å². The lowest BCUT2D eigenvalue weighted by atomic mass is 9.49. The van der Waals surface area contributed by atoms with Gasteiger partial charge in [-0.15, -0.1) is 0 Å². The molecule has 6 rings (SSSR count). The van der Waals surface area contributed by atoms with Crippen molar-refractivity contribution >= 4 is 10.4 Å². The lowest BCUT2D eigenvalue weighted by Gasteiger charge is -2.56. The standard InChI is InChI=1S/C30H50O4S/c1-29-17-15-25(19-23(29)13-11-21-7-3-5-9-27(21)29)33-35(31,32)34-26-16-18-30(2)24(20-26)14-12-22-8-4-6-10-28(22)30/h21-28H,3-20H2,1-2H3/t21-,22-,23-,24-,25-,26-,27?,28?,29+,30+/m1/s1. The normalized spacial score (nSPS) is 50.3. The molecule has 0 aromatic heterocycles. The van der Waals surface area contributed by atoms with E-state index < -0.39 is 10.4 Å². The van der Waals surface area contributed by atoms with Gasteiger partial charge in [0.2, 0.25) is 0 Å². The maximum absolute atomic E-state index is 13.1. The fourth-order valence-electron chi connectivity index (χ4n) is 10.8. The lowest BCUT2D eigenvalue weighted by Crippen LogP contribution is -2.50. The highest BCUT2D eigenvalue weighted by Crippen LogP contribution is 2.60. The van der Waals surface area contributed by atoms with Crippen molar-refractivity contribution in [3.63, 3.8) is 0 Å². The Bertz CT molecular complexity index is 808. The molecule has 4 nitrogen and oxygen atoms in total. The topological polar surface area (TPSA) is 52.6 Å². The second kappa shape index (κ2) is 9.56. The first-order valence-corrected chi connectivity index (χ1v) is 16.7. The van der Waals surface area contributed by atoms with Crippen LogP contribution in [0.4, 0.5) is 0 Å². The fraction of sp³-hybridized carbons (Fsp3) is 1.00. The molecule has 0 amide bonds. The zero-order valence-corrected chi connectivity index (χ0v) is 23.2. The Morgan fingerprint density at radius 1 is 0.571 bits per heavy atom. The summed E-state index contributed by atoms with van der Waals surface area (Å²) in [5, 5.41) is 0. The zero-order chi connectivity index (χ0) is 24.3. The summed E-state index contributed by atoms with van der Waals surface area (Å²) in [5.74, 6) is 4.73. The van der Waals surface area contributed by atoms with E-state index in [0.29, 0.717) is 22.7 Å². The van der Waals surface area contributed by atoms with E-state index in [4.69, 9.17) is 8.37 Å². The molecule has 6 saturated carbocycles. The van der Waals surface area contributed by atoms with Crippen LogP contribution in [0.2, 0.25) is 0 Å². The van der Waals surface area contributed by atoms with E-state index in [0.717, 1.165) is 62.2 Å². The molecule has 6 aliphatic rings. The molecule has 200 valence electrons. The summed E-state index contributed by atoms with van der Waals surface area (Å²) in [5.41, 5.74) is 0.777. The molecule has 0 saturated heterocycles. The zero-order valence-electron chi connectivity index (χ0n) is 22.4. The molecule has 0 bridgehead atoms. The van der Waals surface area contributed by atoms with Gasteiger partial charge >= 0.3 is 10.4 Å². The highest BCUT2D eigenvalue weighted by atomic mass is 32.3. The van der Waals surface area contributed by atoms with Crippen LogP contribution in [-0.4, -0.2) is 20.6 Å². The van der Waals surface area contributed by atoms with Crippen molar-refractivity contribution in [3.05, 3.63) is 0 Å². The van der Waals surface area contributed by atoms with Gasteiger partial charge in [-0.1, -0.05) is 52.4 Å². The van der Waals surface area contributed by atoms with Crippen LogP contribution >= 0.6 is 0 Å². The smallest absolute Gasteiger partial charge is 0.245 e. The second-order valence-electron chi connectivity index (χ2n) is 14.3. The molecule has 0 heterocycles. The fourth-order valence-corrected chi connectivity index (χ4v) is 11.9. The van der Waals surface area contributed by atoms with Gasteiger partial charge < -0.3 is 0 Å². The van der Waals surface area contributed by atoms with Gasteiger partial charge in [-0.3, -0.25) is 0 Å². The molecule has 0 spiro atoms. The summed E-state index contributed by atoms with van der Waals surface area (Å²) in [6.45, 7) is 5.03. The highest BCUT2D eigenvalue weighted by Gasteiger charge is 2.53. The molecule has 0 aromatic rings. The first kappa shape index (κ1) is 25.2. The van der Waals surface area contributed by atoms with Crippen LogP contribution in [0.3, 0.4) is 0 Å². The summed E-state index contributed by atoms with van der Waals surface area (Å²) in [4.78, 5) is 0. The van der Waals surface area contributed by atoms with Crippen molar-refractivity contribution < 1.29 is 16.8 Å². The van der Waals surface area contributed by atoms with E-state index in [9.17, 15) is 8.42 Å². The van der Waals surface area contributed by atoms with E-state index >= 15 is 0 Å². The van der Waals surface area contributed by atoms with E-state index in [1.54, 1.807) is 0 Å². The molecule has 2 unspecified atom stereocenters. The van der Waals surface area contributed by atoms with E-state index in [2.05, 4.69) is 13.8 Å². The quantitative estimate of drug-likeness (QED) is 0.390. The first-order chi connectivity index (χ1) is 16.8. The molecular formula is C30H50O4S. The third-order valence-electron chi connectivity index (χ3n) is 12.8. The van der Waals surface area contributed by atoms with Crippen molar-refractivity contribution in [2.24, 2.45) is 46.3 Å². The van der Waals surface area contributed by atoms with E-state index in [1.807, 2.05) is 0 Å². The predicted molar refractivity (Wildman–Crippen MR) is 139 cm³/mol. The number of hydrogen-bond acceptors (Lipinski definition) is 4. The van der Waals surface area contributed by atoms with Gasteiger partial charge in [-0.2, -0.15) is 8.42 Å². The van der Waals surface area contributed by atoms with Crippen molar-refractivity contribution in [2.75, 3.05) is 0 Å². The minimum atomic E-state index is -3.94. The molecule has 0 N–H and O–H groups in total. The Balaban J connectivity index is 1.05. The van der Waals surface area contributed by atoms with Crippen LogP contribution in [0.25, 0.3) is 0 Å². The number of hydrogen-bond donors (Lipinski definition) is 0. The van der Waals surface area contributed by atoms with Gasteiger partial charge in [0.1, 0.15) is 0 Å². The first-order valence-electron chi connectivity index (χ1n) is 15.4. The number of fused-ring (bicyclic) bond motifs is 6. The predicted octanol–water partition coefficient (Wildman–Crippen LogP) is 7.81. The average Bonchev–Trinajstić information content (AvgIpc) is 2.84. The molecule has 10 atom stereocenters. The van der Waals surface area contributed by atoms with Crippen LogP contribution in [0.1, 0.15) is 129 Å². The number of rotatable bonds is 4. The van der Waals surface area contributed by atoms with Crippen molar-refractivity contribution in [3.8, 4) is 0 Å². The molecule has 5 heteroatoms. The SMILES string of the molecule is C[C@]12CC[C@@H](OS(=O)(=O)O[C@@H]3CC[C@]4(C)C5CCCC[C@@H]5CC[C@@H]4C3)C[C@H]1CC[C@H]1CCCCC12. The minimum absolute atomic E-state index is 0.190. The molecule has 0 aromatic carbocycles. The van der Waals surface area contributed by atoms with Crippen LogP contribution < -0.4 is 0 Å². The lowest BCUT2D eigenvalue weighted by molar-refractivity contribution is -0.0883. The largest absolute Gasteiger partial charge is 0.400 e. The Morgan fingerprint density at radius 2 is 1.00 bits per heavy atom. The van der Waals surface area contributed by atoms with Crippen molar-refractivity contribution in [1.82, 2.24) is 0 Å². The maximum atomic E-state index is 13.1. The molecule has 6 aliphatic carbocycles.